The summed E-state index contributed by atoms with van der Waals surface area (Å²) in [4.78, 5) is 0. The van der Waals surface area contributed by atoms with Crippen LogP contribution in [0.15, 0.2) is 24.3 Å². The summed E-state index contributed by atoms with van der Waals surface area (Å²) in [5.74, 6) is 2.12. The first-order chi connectivity index (χ1) is 8.25. The topological polar surface area (TPSA) is 18.5 Å². The van der Waals surface area contributed by atoms with E-state index in [2.05, 4.69) is 6.92 Å². The van der Waals surface area contributed by atoms with E-state index >= 15 is 0 Å². The fourth-order valence-electron chi connectivity index (χ4n) is 3.10. The fraction of sp³-hybridized carbons (Fsp3) is 0.600. The molecule has 1 aliphatic heterocycles. The molecule has 92 valence electrons. The van der Waals surface area contributed by atoms with Crippen LogP contribution in [0.4, 0.5) is 0 Å². The summed E-state index contributed by atoms with van der Waals surface area (Å²) in [6.45, 7) is 2.07. The lowest BCUT2D eigenvalue weighted by Gasteiger charge is -2.30. The Morgan fingerprint density at radius 3 is 2.24 bits per heavy atom. The van der Waals surface area contributed by atoms with E-state index in [-0.39, 0.29) is 0 Å². The van der Waals surface area contributed by atoms with Gasteiger partial charge < -0.3 is 9.47 Å². The van der Waals surface area contributed by atoms with Crippen LogP contribution in [0.25, 0.3) is 0 Å². The summed E-state index contributed by atoms with van der Waals surface area (Å²) in [7, 11) is 0. The van der Waals surface area contributed by atoms with Crippen LogP contribution in [0.5, 0.6) is 11.5 Å². The molecular weight excluding hydrogens is 212 g/mol. The van der Waals surface area contributed by atoms with Crippen molar-refractivity contribution in [3.63, 3.8) is 0 Å². The number of hydrogen-bond acceptors (Lipinski definition) is 2. The van der Waals surface area contributed by atoms with E-state index in [1.165, 1.54) is 32.1 Å². The Bertz CT molecular complexity index is 369. The molecule has 1 heterocycles. The highest BCUT2D eigenvalue weighted by Gasteiger charge is 2.38. The lowest BCUT2D eigenvalue weighted by Crippen LogP contribution is -2.37. The van der Waals surface area contributed by atoms with E-state index in [9.17, 15) is 0 Å². The fourth-order valence-corrected chi connectivity index (χ4v) is 3.10. The zero-order valence-electron chi connectivity index (χ0n) is 10.4. The molecule has 0 radical (unpaired) electrons. The highest BCUT2D eigenvalue weighted by molar-refractivity contribution is 5.42. The molecule has 0 saturated heterocycles. The standard InChI is InChI=1S/C15H20O2/c1-15(11-12-7-3-2-4-8-12)16-13-9-5-6-10-14(13)17-15/h5-6,9-10,12H,2-4,7-8,11H2,1H3. The van der Waals surface area contributed by atoms with Crippen LogP contribution in [0.2, 0.25) is 0 Å². The van der Waals surface area contributed by atoms with Gasteiger partial charge in [-0.1, -0.05) is 44.2 Å². The second-order valence-corrected chi connectivity index (χ2v) is 5.49. The summed E-state index contributed by atoms with van der Waals surface area (Å²) in [5, 5.41) is 0. The number of para-hydroxylation sites is 2. The molecule has 2 nitrogen and oxygen atoms in total. The predicted octanol–water partition coefficient (Wildman–Crippen LogP) is 4.14. The van der Waals surface area contributed by atoms with Crippen molar-refractivity contribution in [3.8, 4) is 11.5 Å². The first kappa shape index (κ1) is 10.9. The van der Waals surface area contributed by atoms with Crippen molar-refractivity contribution in [3.05, 3.63) is 24.3 Å². The second kappa shape index (κ2) is 4.25. The highest BCUT2D eigenvalue weighted by atomic mass is 16.7. The molecule has 0 spiro atoms. The second-order valence-electron chi connectivity index (χ2n) is 5.49. The van der Waals surface area contributed by atoms with E-state index in [0.717, 1.165) is 23.8 Å². The molecule has 1 aromatic carbocycles. The number of ether oxygens (including phenoxy) is 2. The van der Waals surface area contributed by atoms with Crippen LogP contribution < -0.4 is 9.47 Å². The quantitative estimate of drug-likeness (QED) is 0.762. The van der Waals surface area contributed by atoms with Crippen LogP contribution in [-0.2, 0) is 0 Å². The van der Waals surface area contributed by atoms with Crippen LogP contribution in [-0.4, -0.2) is 5.79 Å². The van der Waals surface area contributed by atoms with E-state index in [1.54, 1.807) is 0 Å². The normalized spacial score (nSPS) is 22.6. The molecular formula is C15H20O2. The SMILES string of the molecule is CC1(CC2CCCCC2)Oc2ccccc2O1. The molecule has 0 N–H and O–H groups in total. The van der Waals surface area contributed by atoms with Crippen molar-refractivity contribution in [1.82, 2.24) is 0 Å². The van der Waals surface area contributed by atoms with Crippen LogP contribution in [0, 0.1) is 5.92 Å². The van der Waals surface area contributed by atoms with Crippen molar-refractivity contribution >= 4 is 0 Å². The third kappa shape index (κ3) is 2.26. The molecule has 1 aromatic rings. The molecule has 1 saturated carbocycles. The van der Waals surface area contributed by atoms with Crippen molar-refractivity contribution < 1.29 is 9.47 Å². The molecule has 0 atom stereocenters. The monoisotopic (exact) mass is 232 g/mol. The van der Waals surface area contributed by atoms with Gasteiger partial charge in [0.25, 0.3) is 0 Å². The number of fused-ring (bicyclic) bond motifs is 1. The van der Waals surface area contributed by atoms with Gasteiger partial charge in [0, 0.05) is 13.3 Å². The van der Waals surface area contributed by atoms with Gasteiger partial charge >= 0.3 is 0 Å². The molecule has 2 aliphatic rings. The summed E-state index contributed by atoms with van der Waals surface area (Å²) < 4.78 is 11.9. The largest absolute Gasteiger partial charge is 0.449 e. The Hall–Kier alpha value is -1.18. The smallest absolute Gasteiger partial charge is 0.249 e. The third-order valence-corrected chi connectivity index (χ3v) is 3.89. The molecule has 0 bridgehead atoms. The summed E-state index contributed by atoms with van der Waals surface area (Å²) in [5.41, 5.74) is 0. The molecule has 17 heavy (non-hydrogen) atoms. The summed E-state index contributed by atoms with van der Waals surface area (Å²) >= 11 is 0. The summed E-state index contributed by atoms with van der Waals surface area (Å²) in [6, 6.07) is 7.96. The lowest BCUT2D eigenvalue weighted by molar-refractivity contribution is -0.0824. The number of hydrogen-bond donors (Lipinski definition) is 0. The average molecular weight is 232 g/mol. The predicted molar refractivity (Wildman–Crippen MR) is 67.3 cm³/mol. The Morgan fingerprint density at radius 2 is 1.65 bits per heavy atom. The summed E-state index contributed by atoms with van der Waals surface area (Å²) in [6.07, 6.45) is 7.82. The van der Waals surface area contributed by atoms with Crippen LogP contribution in [0.1, 0.15) is 45.4 Å². The van der Waals surface area contributed by atoms with Gasteiger partial charge in [0.1, 0.15) is 0 Å². The van der Waals surface area contributed by atoms with Gasteiger partial charge in [-0.05, 0) is 18.1 Å². The van der Waals surface area contributed by atoms with Crippen LogP contribution in [0.3, 0.4) is 0 Å². The minimum absolute atomic E-state index is 0.439. The van der Waals surface area contributed by atoms with Gasteiger partial charge in [-0.2, -0.15) is 0 Å². The molecule has 2 heteroatoms. The van der Waals surface area contributed by atoms with Gasteiger partial charge in [-0.25, -0.2) is 0 Å². The first-order valence-electron chi connectivity index (χ1n) is 6.72. The van der Waals surface area contributed by atoms with E-state index < -0.39 is 5.79 Å². The molecule has 3 rings (SSSR count). The minimum Gasteiger partial charge on any atom is -0.449 e. The van der Waals surface area contributed by atoms with Gasteiger partial charge in [0.2, 0.25) is 5.79 Å². The van der Waals surface area contributed by atoms with Gasteiger partial charge in [0.05, 0.1) is 0 Å². The maximum atomic E-state index is 5.97. The lowest BCUT2D eigenvalue weighted by atomic mass is 9.85. The van der Waals surface area contributed by atoms with E-state index in [1.807, 2.05) is 24.3 Å². The van der Waals surface area contributed by atoms with Gasteiger partial charge in [-0.15, -0.1) is 0 Å². The maximum Gasteiger partial charge on any atom is 0.249 e. The molecule has 1 fully saturated rings. The van der Waals surface area contributed by atoms with E-state index in [4.69, 9.17) is 9.47 Å². The molecule has 0 amide bonds. The molecule has 0 aromatic heterocycles. The average Bonchev–Trinajstić information content (AvgIpc) is 2.66. The Labute approximate surface area is 103 Å². The highest BCUT2D eigenvalue weighted by Crippen LogP contribution is 2.43. The third-order valence-electron chi connectivity index (χ3n) is 3.89. The number of benzene rings is 1. The Kier molecular flexibility index (Phi) is 2.73. The zero-order valence-corrected chi connectivity index (χ0v) is 10.4. The molecule has 0 unspecified atom stereocenters. The zero-order chi connectivity index (χ0) is 11.7. The first-order valence-corrected chi connectivity index (χ1v) is 6.72. The Balaban J connectivity index is 1.68. The van der Waals surface area contributed by atoms with Crippen molar-refractivity contribution in [2.75, 3.05) is 0 Å². The van der Waals surface area contributed by atoms with E-state index in [0.29, 0.717) is 0 Å². The number of rotatable bonds is 2. The van der Waals surface area contributed by atoms with Crippen molar-refractivity contribution in [2.24, 2.45) is 5.92 Å². The van der Waals surface area contributed by atoms with Gasteiger partial charge in [0.15, 0.2) is 11.5 Å². The minimum atomic E-state index is -0.439. The maximum absolute atomic E-state index is 5.97. The van der Waals surface area contributed by atoms with Crippen molar-refractivity contribution in [2.45, 2.75) is 51.2 Å². The van der Waals surface area contributed by atoms with Gasteiger partial charge in [-0.3, -0.25) is 0 Å². The van der Waals surface area contributed by atoms with Crippen molar-refractivity contribution in [1.29, 1.82) is 0 Å². The van der Waals surface area contributed by atoms with Crippen LogP contribution >= 0.6 is 0 Å². The molecule has 1 aliphatic carbocycles. The Morgan fingerprint density at radius 1 is 1.06 bits per heavy atom.